The summed E-state index contributed by atoms with van der Waals surface area (Å²) in [5.74, 6) is 0.666. The largest absolute Gasteiger partial charge is 0.356 e. The lowest BCUT2D eigenvalue weighted by atomic mass is 10.0. The Morgan fingerprint density at radius 1 is 1.21 bits per heavy atom. The number of aryl methyl sites for hydroxylation is 1. The van der Waals surface area contributed by atoms with Gasteiger partial charge in [-0.15, -0.1) is 0 Å². The highest BCUT2D eigenvalue weighted by molar-refractivity contribution is 5.78. The van der Waals surface area contributed by atoms with Gasteiger partial charge in [0.05, 0.1) is 5.69 Å². The van der Waals surface area contributed by atoms with Crippen LogP contribution in [0.3, 0.4) is 0 Å². The van der Waals surface area contributed by atoms with Crippen molar-refractivity contribution < 1.29 is 4.79 Å². The predicted octanol–water partition coefficient (Wildman–Crippen LogP) is 1.62. The molecule has 1 amide bonds. The number of rotatable bonds is 3. The molecule has 1 aromatic carbocycles. The van der Waals surface area contributed by atoms with Gasteiger partial charge in [-0.05, 0) is 12.3 Å². The molecule has 2 aromatic rings. The summed E-state index contributed by atoms with van der Waals surface area (Å²) < 4.78 is 2.06. The quantitative estimate of drug-likeness (QED) is 0.933. The summed E-state index contributed by atoms with van der Waals surface area (Å²) in [6.45, 7) is 3.94. The highest BCUT2D eigenvalue weighted by atomic mass is 16.1. The number of amides is 1. The molecule has 0 spiro atoms. The van der Waals surface area contributed by atoms with Crippen molar-refractivity contribution in [3.05, 3.63) is 41.6 Å². The van der Waals surface area contributed by atoms with Gasteiger partial charge in [-0.1, -0.05) is 30.3 Å². The third-order valence-corrected chi connectivity index (χ3v) is 5.24. The molecule has 0 saturated carbocycles. The number of nitrogens with one attached hydrogen (secondary N) is 1. The Hall–Kier alpha value is -2.14. The molecule has 5 nitrogen and oxygen atoms in total. The van der Waals surface area contributed by atoms with Crippen molar-refractivity contribution in [1.82, 2.24) is 20.0 Å². The zero-order chi connectivity index (χ0) is 16.5. The second kappa shape index (κ2) is 6.40. The Morgan fingerprint density at radius 2 is 2.00 bits per heavy atom. The lowest BCUT2D eigenvalue weighted by Crippen LogP contribution is -2.32. The van der Waals surface area contributed by atoms with Crippen molar-refractivity contribution in [2.75, 3.05) is 26.2 Å². The number of aromatic nitrogens is 2. The summed E-state index contributed by atoms with van der Waals surface area (Å²) in [4.78, 5) is 13.9. The molecule has 1 saturated heterocycles. The molecule has 0 radical (unpaired) electrons. The van der Waals surface area contributed by atoms with E-state index in [2.05, 4.69) is 46.2 Å². The fraction of sp³-hybridized carbons (Fsp3) is 0.474. The van der Waals surface area contributed by atoms with Gasteiger partial charge >= 0.3 is 0 Å². The fourth-order valence-corrected chi connectivity index (χ4v) is 3.99. The maximum atomic E-state index is 11.4. The molecule has 4 rings (SSSR count). The van der Waals surface area contributed by atoms with E-state index in [1.54, 1.807) is 0 Å². The molecule has 5 heteroatoms. The van der Waals surface area contributed by atoms with Crippen LogP contribution in [0, 0.1) is 5.92 Å². The molecular formula is C19H24N4O. The van der Waals surface area contributed by atoms with Crippen molar-refractivity contribution >= 4 is 5.91 Å². The van der Waals surface area contributed by atoms with E-state index in [4.69, 9.17) is 5.10 Å². The summed E-state index contributed by atoms with van der Waals surface area (Å²) in [6.07, 6.45) is 2.74. The summed E-state index contributed by atoms with van der Waals surface area (Å²) in [6, 6.07) is 10.5. The molecule has 1 aromatic heterocycles. The summed E-state index contributed by atoms with van der Waals surface area (Å²) in [5, 5.41) is 7.73. The predicted molar refractivity (Wildman–Crippen MR) is 93.6 cm³/mol. The van der Waals surface area contributed by atoms with E-state index in [0.29, 0.717) is 12.3 Å². The lowest BCUT2D eigenvalue weighted by Gasteiger charge is -2.22. The first-order chi connectivity index (χ1) is 11.7. The summed E-state index contributed by atoms with van der Waals surface area (Å²) >= 11 is 0. The molecule has 2 aliphatic rings. The minimum Gasteiger partial charge on any atom is -0.356 e. The summed E-state index contributed by atoms with van der Waals surface area (Å²) in [5.41, 5.74) is 5.09. The number of carbonyl (C=O) groups is 1. The van der Waals surface area contributed by atoms with Crippen LogP contribution >= 0.6 is 0 Å². The van der Waals surface area contributed by atoms with Crippen molar-refractivity contribution in [2.45, 2.75) is 19.3 Å². The van der Waals surface area contributed by atoms with Gasteiger partial charge in [0.2, 0.25) is 5.91 Å². The molecule has 1 fully saturated rings. The van der Waals surface area contributed by atoms with Crippen LogP contribution in [-0.2, 0) is 24.7 Å². The normalized spacial score (nSPS) is 21.4. The number of benzene rings is 1. The Labute approximate surface area is 142 Å². The van der Waals surface area contributed by atoms with E-state index in [-0.39, 0.29) is 5.91 Å². The van der Waals surface area contributed by atoms with Gasteiger partial charge in [0.25, 0.3) is 0 Å². The Bertz CT molecular complexity index is 737. The molecule has 2 aliphatic heterocycles. The number of hydrogen-bond acceptors (Lipinski definition) is 3. The second-order valence-corrected chi connectivity index (χ2v) is 6.94. The number of nitrogens with zero attached hydrogens (tertiary/aromatic N) is 3. The molecular weight excluding hydrogens is 300 g/mol. The van der Waals surface area contributed by atoms with Gasteiger partial charge in [-0.3, -0.25) is 9.48 Å². The Kier molecular flexibility index (Phi) is 4.10. The van der Waals surface area contributed by atoms with E-state index in [9.17, 15) is 4.79 Å². The topological polar surface area (TPSA) is 50.2 Å². The molecule has 1 N–H and O–H groups in total. The van der Waals surface area contributed by atoms with E-state index in [1.807, 2.05) is 6.07 Å². The van der Waals surface area contributed by atoms with E-state index < -0.39 is 0 Å². The fourth-order valence-electron chi connectivity index (χ4n) is 3.99. The standard InChI is InChI=1S/C19H24N4O/c1-22-17-8-10-23(13-14-11-18(24)20-12-14)9-7-16(17)19(21-22)15-5-3-2-4-6-15/h2-6,14H,7-13H2,1H3,(H,20,24). The molecule has 1 unspecified atom stereocenters. The summed E-state index contributed by atoms with van der Waals surface area (Å²) in [7, 11) is 2.06. The maximum Gasteiger partial charge on any atom is 0.220 e. The Morgan fingerprint density at radius 3 is 2.75 bits per heavy atom. The third kappa shape index (κ3) is 2.96. The van der Waals surface area contributed by atoms with E-state index in [0.717, 1.165) is 44.7 Å². The second-order valence-electron chi connectivity index (χ2n) is 6.94. The van der Waals surface area contributed by atoms with Gasteiger partial charge in [0.15, 0.2) is 0 Å². The minimum absolute atomic E-state index is 0.202. The zero-order valence-corrected chi connectivity index (χ0v) is 14.2. The molecule has 126 valence electrons. The molecule has 0 bridgehead atoms. The van der Waals surface area contributed by atoms with Crippen LogP contribution in [0.2, 0.25) is 0 Å². The van der Waals surface area contributed by atoms with Gasteiger partial charge in [-0.2, -0.15) is 5.10 Å². The van der Waals surface area contributed by atoms with Crippen LogP contribution < -0.4 is 5.32 Å². The van der Waals surface area contributed by atoms with Crippen LogP contribution in [0.1, 0.15) is 17.7 Å². The van der Waals surface area contributed by atoms with Gasteiger partial charge < -0.3 is 10.2 Å². The van der Waals surface area contributed by atoms with E-state index >= 15 is 0 Å². The first-order valence-corrected chi connectivity index (χ1v) is 8.80. The van der Waals surface area contributed by atoms with Gasteiger partial charge in [0, 0.05) is 62.9 Å². The maximum absolute atomic E-state index is 11.4. The molecule has 3 heterocycles. The van der Waals surface area contributed by atoms with E-state index in [1.165, 1.54) is 16.8 Å². The molecule has 0 aliphatic carbocycles. The lowest BCUT2D eigenvalue weighted by molar-refractivity contribution is -0.119. The number of fused-ring (bicyclic) bond motifs is 1. The number of hydrogen-bond donors (Lipinski definition) is 1. The van der Waals surface area contributed by atoms with Gasteiger partial charge in [-0.25, -0.2) is 0 Å². The van der Waals surface area contributed by atoms with Crippen LogP contribution in [0.25, 0.3) is 11.3 Å². The smallest absolute Gasteiger partial charge is 0.220 e. The Balaban J connectivity index is 1.52. The van der Waals surface area contributed by atoms with Crippen LogP contribution in [0.4, 0.5) is 0 Å². The van der Waals surface area contributed by atoms with Crippen molar-refractivity contribution in [2.24, 2.45) is 13.0 Å². The van der Waals surface area contributed by atoms with Crippen molar-refractivity contribution in [3.63, 3.8) is 0 Å². The molecule has 1 atom stereocenters. The van der Waals surface area contributed by atoms with Crippen molar-refractivity contribution in [3.8, 4) is 11.3 Å². The molecule has 24 heavy (non-hydrogen) atoms. The van der Waals surface area contributed by atoms with Gasteiger partial charge in [0.1, 0.15) is 0 Å². The van der Waals surface area contributed by atoms with Crippen LogP contribution in [0.5, 0.6) is 0 Å². The van der Waals surface area contributed by atoms with Crippen LogP contribution in [0.15, 0.2) is 30.3 Å². The highest BCUT2D eigenvalue weighted by Crippen LogP contribution is 2.28. The average molecular weight is 324 g/mol. The van der Waals surface area contributed by atoms with Crippen molar-refractivity contribution in [1.29, 1.82) is 0 Å². The highest BCUT2D eigenvalue weighted by Gasteiger charge is 2.26. The first kappa shape index (κ1) is 15.4. The third-order valence-electron chi connectivity index (χ3n) is 5.24. The number of carbonyl (C=O) groups excluding carboxylic acids is 1. The monoisotopic (exact) mass is 324 g/mol. The SMILES string of the molecule is Cn1nc(-c2ccccc2)c2c1CCN(CC1CNC(=O)C1)CC2. The first-order valence-electron chi connectivity index (χ1n) is 8.80. The zero-order valence-electron chi connectivity index (χ0n) is 14.2. The van der Waals surface area contributed by atoms with Crippen LogP contribution in [-0.4, -0.2) is 46.8 Å². The minimum atomic E-state index is 0.202. The average Bonchev–Trinajstić information content (AvgIpc) is 3.06.